The Hall–Kier alpha value is -1.08. The van der Waals surface area contributed by atoms with Crippen LogP contribution in [0.1, 0.15) is 20.8 Å². The minimum atomic E-state index is -1.42. The van der Waals surface area contributed by atoms with E-state index in [-0.39, 0.29) is 0 Å². The first-order valence-corrected chi connectivity index (χ1v) is 9.82. The van der Waals surface area contributed by atoms with Crippen molar-refractivity contribution in [2.24, 2.45) is 5.92 Å². The quantitative estimate of drug-likeness (QED) is 0.695. The molecular weight excluding hydrogens is 232 g/mol. The third kappa shape index (κ3) is 2.37. The first-order valence-electron chi connectivity index (χ1n) is 7.03. The summed E-state index contributed by atoms with van der Waals surface area (Å²) in [5.41, 5.74) is 2.19. The Morgan fingerprint density at radius 3 is 2.33 bits per heavy atom. The van der Waals surface area contributed by atoms with Crippen LogP contribution < -0.4 is 5.19 Å². The normalized spacial score (nSPS) is 22.1. The Labute approximate surface area is 112 Å². The first-order chi connectivity index (χ1) is 8.58. The van der Waals surface area contributed by atoms with E-state index in [1.54, 1.807) is 5.19 Å². The second kappa shape index (κ2) is 5.27. The predicted octanol–water partition coefficient (Wildman–Crippen LogP) is 4.51. The third-order valence-corrected chi connectivity index (χ3v) is 9.39. The van der Waals surface area contributed by atoms with Crippen LogP contribution in [0, 0.1) is 5.92 Å². The lowest BCUT2D eigenvalue weighted by Gasteiger charge is -2.31. The molecule has 0 saturated heterocycles. The maximum absolute atomic E-state index is 2.52. The molecule has 2 rings (SSSR count). The van der Waals surface area contributed by atoms with Crippen molar-refractivity contribution >= 4 is 13.3 Å². The van der Waals surface area contributed by atoms with Crippen LogP contribution in [0.15, 0.2) is 54.1 Å². The van der Waals surface area contributed by atoms with Crippen LogP contribution >= 0.6 is 0 Å². The molecule has 0 N–H and O–H groups in total. The molecule has 96 valence electrons. The molecule has 0 aliphatic heterocycles. The van der Waals surface area contributed by atoms with E-state index in [0.717, 1.165) is 0 Å². The fraction of sp³-hybridized carbons (Fsp3) is 0.412. The van der Waals surface area contributed by atoms with Gasteiger partial charge >= 0.3 is 0 Å². The van der Waals surface area contributed by atoms with Gasteiger partial charge in [-0.3, -0.25) is 0 Å². The number of allylic oxidation sites excluding steroid dienone is 4. The van der Waals surface area contributed by atoms with Crippen molar-refractivity contribution in [3.63, 3.8) is 0 Å². The van der Waals surface area contributed by atoms with Crippen LogP contribution in [0.25, 0.3) is 0 Å². The van der Waals surface area contributed by atoms with Gasteiger partial charge in [0.2, 0.25) is 0 Å². The standard InChI is InChI=1S/C17H24Si/c1-5-18(4,16-9-7-6-8-10-16)17-12-11-15(13-17)14(2)3/h6-14,17H,5H2,1-4H3. The van der Waals surface area contributed by atoms with Crippen LogP contribution in [0.5, 0.6) is 0 Å². The highest BCUT2D eigenvalue weighted by Gasteiger charge is 2.35. The van der Waals surface area contributed by atoms with Crippen LogP contribution in [-0.4, -0.2) is 8.07 Å². The summed E-state index contributed by atoms with van der Waals surface area (Å²) in [5.74, 6) is 0.650. The summed E-state index contributed by atoms with van der Waals surface area (Å²) in [5, 5.41) is 1.59. The highest BCUT2D eigenvalue weighted by molar-refractivity contribution is 6.92. The molecule has 0 radical (unpaired) electrons. The second-order valence-electron chi connectivity index (χ2n) is 5.84. The number of hydrogen-bond donors (Lipinski definition) is 0. The zero-order valence-electron chi connectivity index (χ0n) is 12.0. The SMILES string of the molecule is CC[Si](C)(c1ccccc1)C1C=CC(C(C)C)=C1. The van der Waals surface area contributed by atoms with Crippen molar-refractivity contribution in [1.82, 2.24) is 0 Å². The van der Waals surface area contributed by atoms with E-state index in [0.29, 0.717) is 11.5 Å². The summed E-state index contributed by atoms with van der Waals surface area (Å²) in [6.45, 7) is 9.45. The van der Waals surface area contributed by atoms with Gasteiger partial charge in [0.15, 0.2) is 0 Å². The van der Waals surface area contributed by atoms with E-state index in [2.05, 4.69) is 75.9 Å². The Balaban J connectivity index is 2.33. The molecule has 1 heteroatoms. The third-order valence-electron chi connectivity index (χ3n) is 4.44. The molecule has 0 nitrogen and oxygen atoms in total. The molecule has 2 unspecified atom stereocenters. The van der Waals surface area contributed by atoms with Gasteiger partial charge < -0.3 is 0 Å². The lowest BCUT2D eigenvalue weighted by molar-refractivity contribution is 0.792. The first kappa shape index (κ1) is 13.4. The monoisotopic (exact) mass is 256 g/mol. The summed E-state index contributed by atoms with van der Waals surface area (Å²) in [6, 6.07) is 12.4. The van der Waals surface area contributed by atoms with Crippen molar-refractivity contribution in [3.8, 4) is 0 Å². The van der Waals surface area contributed by atoms with E-state index < -0.39 is 8.07 Å². The molecule has 0 heterocycles. The minimum Gasteiger partial charge on any atom is -0.0797 e. The molecule has 18 heavy (non-hydrogen) atoms. The molecule has 0 fully saturated rings. The summed E-state index contributed by atoms with van der Waals surface area (Å²) in [4.78, 5) is 0. The summed E-state index contributed by atoms with van der Waals surface area (Å²) in [7, 11) is -1.42. The molecule has 2 atom stereocenters. The molecule has 0 aromatic heterocycles. The van der Waals surface area contributed by atoms with Gasteiger partial charge in [-0.2, -0.15) is 0 Å². The summed E-state index contributed by atoms with van der Waals surface area (Å²) >= 11 is 0. The highest BCUT2D eigenvalue weighted by atomic mass is 28.3. The van der Waals surface area contributed by atoms with Crippen LogP contribution in [0.3, 0.4) is 0 Å². The van der Waals surface area contributed by atoms with Gasteiger partial charge in [0, 0.05) is 0 Å². The van der Waals surface area contributed by atoms with Gasteiger partial charge in [-0.1, -0.05) is 87.1 Å². The van der Waals surface area contributed by atoms with Crippen molar-refractivity contribution in [3.05, 3.63) is 54.1 Å². The molecule has 0 spiro atoms. The van der Waals surface area contributed by atoms with Gasteiger partial charge in [0.25, 0.3) is 0 Å². The van der Waals surface area contributed by atoms with Crippen LogP contribution in [0.2, 0.25) is 18.1 Å². The smallest absolute Gasteiger partial charge is 0.0797 e. The van der Waals surface area contributed by atoms with Crippen LogP contribution in [-0.2, 0) is 0 Å². The Morgan fingerprint density at radius 2 is 1.83 bits per heavy atom. The van der Waals surface area contributed by atoms with Gasteiger partial charge in [-0.05, 0) is 17.0 Å². The lowest BCUT2D eigenvalue weighted by atomic mass is 10.1. The molecule has 0 amide bonds. The largest absolute Gasteiger partial charge is 0.0939 e. The maximum Gasteiger partial charge on any atom is 0.0939 e. The number of rotatable bonds is 4. The minimum absolute atomic E-state index is 0.650. The van der Waals surface area contributed by atoms with Gasteiger partial charge in [-0.15, -0.1) is 0 Å². The average molecular weight is 256 g/mol. The average Bonchev–Trinajstić information content (AvgIpc) is 2.89. The molecule has 0 bridgehead atoms. The Morgan fingerprint density at radius 1 is 1.17 bits per heavy atom. The second-order valence-corrected chi connectivity index (χ2v) is 10.6. The van der Waals surface area contributed by atoms with Crippen molar-refractivity contribution in [1.29, 1.82) is 0 Å². The van der Waals surface area contributed by atoms with E-state index in [4.69, 9.17) is 0 Å². The highest BCUT2D eigenvalue weighted by Crippen LogP contribution is 2.35. The van der Waals surface area contributed by atoms with Gasteiger partial charge in [0.05, 0.1) is 8.07 Å². The fourth-order valence-electron chi connectivity index (χ4n) is 2.77. The Kier molecular flexibility index (Phi) is 3.91. The van der Waals surface area contributed by atoms with E-state index in [1.165, 1.54) is 11.6 Å². The number of hydrogen-bond acceptors (Lipinski definition) is 0. The van der Waals surface area contributed by atoms with Crippen molar-refractivity contribution < 1.29 is 0 Å². The van der Waals surface area contributed by atoms with Crippen molar-refractivity contribution in [2.75, 3.05) is 0 Å². The Bertz CT molecular complexity index is 456. The molecule has 1 aliphatic rings. The summed E-state index contributed by atoms with van der Waals surface area (Å²) in [6.07, 6.45) is 7.31. The molecule has 1 aromatic carbocycles. The zero-order valence-corrected chi connectivity index (χ0v) is 13.0. The predicted molar refractivity (Wildman–Crippen MR) is 84.0 cm³/mol. The number of benzene rings is 1. The zero-order chi connectivity index (χ0) is 13.2. The lowest BCUT2D eigenvalue weighted by Crippen LogP contribution is -2.47. The molecule has 1 aromatic rings. The van der Waals surface area contributed by atoms with E-state index in [1.807, 2.05) is 0 Å². The molecular formula is C17H24Si. The van der Waals surface area contributed by atoms with Gasteiger partial charge in [-0.25, -0.2) is 0 Å². The fourth-order valence-corrected chi connectivity index (χ4v) is 6.07. The summed E-state index contributed by atoms with van der Waals surface area (Å²) < 4.78 is 0. The topological polar surface area (TPSA) is 0 Å². The van der Waals surface area contributed by atoms with Crippen LogP contribution in [0.4, 0.5) is 0 Å². The maximum atomic E-state index is 2.52. The van der Waals surface area contributed by atoms with E-state index >= 15 is 0 Å². The molecule has 1 aliphatic carbocycles. The van der Waals surface area contributed by atoms with Crippen molar-refractivity contribution in [2.45, 2.75) is 38.9 Å². The molecule has 0 saturated carbocycles. The van der Waals surface area contributed by atoms with Gasteiger partial charge in [0.1, 0.15) is 0 Å². The van der Waals surface area contributed by atoms with E-state index in [9.17, 15) is 0 Å².